The van der Waals surface area contributed by atoms with Crippen LogP contribution in [0, 0.1) is 11.7 Å². The molecular weight excluding hydrogens is 259 g/mol. The van der Waals surface area contributed by atoms with Crippen LogP contribution in [0.25, 0.3) is 0 Å². The molecule has 1 aliphatic carbocycles. The summed E-state index contributed by atoms with van der Waals surface area (Å²) in [5, 5.41) is 3.26. The fourth-order valence-corrected chi connectivity index (χ4v) is 2.44. The van der Waals surface area contributed by atoms with Crippen LogP contribution >= 0.6 is 0 Å². The lowest BCUT2D eigenvalue weighted by molar-refractivity contribution is -0.127. The van der Waals surface area contributed by atoms with E-state index in [1.807, 2.05) is 13.8 Å². The molecule has 0 saturated heterocycles. The molecule has 4 nitrogen and oxygen atoms in total. The van der Waals surface area contributed by atoms with Gasteiger partial charge in [-0.05, 0) is 56.9 Å². The highest BCUT2D eigenvalue weighted by atomic mass is 19.1. The quantitative estimate of drug-likeness (QED) is 0.801. The number of ether oxygens (including phenoxy) is 1. The average molecular weight is 280 g/mol. The molecule has 0 radical (unpaired) electrons. The molecule has 1 amide bonds. The number of carbonyl (C=O) groups is 1. The number of primary amides is 1. The Bertz CT molecular complexity index is 471. The van der Waals surface area contributed by atoms with Gasteiger partial charge in [0, 0.05) is 6.04 Å². The minimum atomic E-state index is -0.845. The molecule has 0 aliphatic heterocycles. The fraction of sp³-hybridized carbons (Fsp3) is 0.533. The van der Waals surface area contributed by atoms with E-state index in [0.29, 0.717) is 5.75 Å². The van der Waals surface area contributed by atoms with Gasteiger partial charge in [-0.25, -0.2) is 4.39 Å². The Morgan fingerprint density at radius 2 is 2.05 bits per heavy atom. The lowest BCUT2D eigenvalue weighted by Gasteiger charge is -2.33. The zero-order valence-electron chi connectivity index (χ0n) is 11.9. The molecule has 5 heteroatoms. The molecule has 1 atom stereocenters. The summed E-state index contributed by atoms with van der Waals surface area (Å²) in [5.41, 5.74) is 4.76. The van der Waals surface area contributed by atoms with Crippen LogP contribution in [-0.4, -0.2) is 24.1 Å². The van der Waals surface area contributed by atoms with Gasteiger partial charge in [0.1, 0.15) is 23.7 Å². The van der Waals surface area contributed by atoms with Gasteiger partial charge in [-0.15, -0.1) is 0 Å². The number of nitrogens with one attached hydrogen (secondary N) is 1. The number of carbonyl (C=O) groups excluding carboxylic acids is 1. The van der Waals surface area contributed by atoms with Crippen LogP contribution in [0.1, 0.15) is 26.7 Å². The van der Waals surface area contributed by atoms with Crippen molar-refractivity contribution in [3.8, 4) is 5.75 Å². The first-order valence-corrected chi connectivity index (χ1v) is 6.90. The van der Waals surface area contributed by atoms with Gasteiger partial charge in [-0.1, -0.05) is 0 Å². The van der Waals surface area contributed by atoms with Crippen molar-refractivity contribution in [3.63, 3.8) is 0 Å². The van der Waals surface area contributed by atoms with Crippen molar-refractivity contribution in [3.05, 3.63) is 30.1 Å². The first kappa shape index (κ1) is 14.8. The molecule has 1 aromatic rings. The number of rotatable bonds is 7. The van der Waals surface area contributed by atoms with E-state index in [9.17, 15) is 9.18 Å². The van der Waals surface area contributed by atoms with Crippen molar-refractivity contribution in [2.75, 3.05) is 6.61 Å². The van der Waals surface area contributed by atoms with Crippen LogP contribution in [-0.2, 0) is 4.79 Å². The van der Waals surface area contributed by atoms with Crippen LogP contribution < -0.4 is 15.8 Å². The Morgan fingerprint density at radius 3 is 2.50 bits per heavy atom. The van der Waals surface area contributed by atoms with Gasteiger partial charge >= 0.3 is 0 Å². The lowest BCUT2D eigenvalue weighted by Crippen LogP contribution is -2.62. The Labute approximate surface area is 118 Å². The second-order valence-corrected chi connectivity index (χ2v) is 5.65. The van der Waals surface area contributed by atoms with Crippen molar-refractivity contribution in [1.82, 2.24) is 5.32 Å². The van der Waals surface area contributed by atoms with E-state index in [1.54, 1.807) is 12.1 Å². The van der Waals surface area contributed by atoms with E-state index in [2.05, 4.69) is 5.32 Å². The molecular formula is C15H21FN2O2. The largest absolute Gasteiger partial charge is 0.491 e. The summed E-state index contributed by atoms with van der Waals surface area (Å²) in [7, 11) is 0. The molecule has 20 heavy (non-hydrogen) atoms. The van der Waals surface area contributed by atoms with Crippen LogP contribution in [0.4, 0.5) is 4.39 Å². The van der Waals surface area contributed by atoms with Gasteiger partial charge < -0.3 is 10.5 Å². The predicted molar refractivity (Wildman–Crippen MR) is 74.8 cm³/mol. The first-order valence-electron chi connectivity index (χ1n) is 6.90. The third-order valence-electron chi connectivity index (χ3n) is 3.54. The minimum absolute atomic E-state index is 0.125. The Balaban J connectivity index is 2.11. The monoisotopic (exact) mass is 280 g/mol. The summed E-state index contributed by atoms with van der Waals surface area (Å²) in [6.07, 6.45) is 1.94. The number of amides is 1. The van der Waals surface area contributed by atoms with Gasteiger partial charge in [-0.2, -0.15) is 0 Å². The molecule has 0 bridgehead atoms. The van der Waals surface area contributed by atoms with Gasteiger partial charge in [0.05, 0.1) is 0 Å². The van der Waals surface area contributed by atoms with E-state index in [0.717, 1.165) is 12.8 Å². The van der Waals surface area contributed by atoms with Crippen molar-refractivity contribution >= 4 is 5.91 Å². The van der Waals surface area contributed by atoms with Crippen molar-refractivity contribution in [2.45, 2.75) is 38.3 Å². The molecule has 2 rings (SSSR count). The Hall–Kier alpha value is -1.62. The predicted octanol–water partition coefficient (Wildman–Crippen LogP) is 1.84. The third kappa shape index (κ3) is 3.28. The van der Waals surface area contributed by atoms with Crippen molar-refractivity contribution < 1.29 is 13.9 Å². The summed E-state index contributed by atoms with van der Waals surface area (Å²) in [6, 6.07) is 5.87. The lowest BCUT2D eigenvalue weighted by atomic mass is 9.92. The standard InChI is InChI=1S/C15H21FN2O2/c1-10(2)18-15(14(17)19,11-3-4-11)9-20-13-7-5-12(16)6-8-13/h5-8,10-11,18H,3-4,9H2,1-2H3,(H2,17,19). The zero-order chi connectivity index (χ0) is 14.8. The highest BCUT2D eigenvalue weighted by molar-refractivity contribution is 5.86. The minimum Gasteiger partial charge on any atom is -0.491 e. The van der Waals surface area contributed by atoms with E-state index >= 15 is 0 Å². The van der Waals surface area contributed by atoms with Crippen LogP contribution in [0.15, 0.2) is 24.3 Å². The maximum Gasteiger partial charge on any atom is 0.241 e. The van der Waals surface area contributed by atoms with Crippen molar-refractivity contribution in [2.24, 2.45) is 11.7 Å². The Kier molecular flexibility index (Phi) is 4.28. The fourth-order valence-electron chi connectivity index (χ4n) is 2.44. The number of hydrogen-bond donors (Lipinski definition) is 2. The number of hydrogen-bond acceptors (Lipinski definition) is 3. The summed E-state index contributed by atoms with van der Waals surface area (Å²) in [6.45, 7) is 4.10. The molecule has 110 valence electrons. The second-order valence-electron chi connectivity index (χ2n) is 5.65. The van der Waals surface area contributed by atoms with Gasteiger partial charge in [-0.3, -0.25) is 10.1 Å². The molecule has 1 fully saturated rings. The van der Waals surface area contributed by atoms with Crippen molar-refractivity contribution in [1.29, 1.82) is 0 Å². The highest BCUT2D eigenvalue weighted by Crippen LogP contribution is 2.40. The second kappa shape index (κ2) is 5.79. The van der Waals surface area contributed by atoms with Gasteiger partial charge in [0.25, 0.3) is 0 Å². The summed E-state index contributed by atoms with van der Waals surface area (Å²) < 4.78 is 18.5. The van der Waals surface area contributed by atoms with E-state index in [4.69, 9.17) is 10.5 Å². The van der Waals surface area contributed by atoms with Crippen LogP contribution in [0.2, 0.25) is 0 Å². The molecule has 0 heterocycles. The molecule has 0 aromatic heterocycles. The molecule has 1 saturated carbocycles. The molecule has 1 unspecified atom stereocenters. The van der Waals surface area contributed by atoms with Gasteiger partial charge in [0.15, 0.2) is 0 Å². The zero-order valence-corrected chi connectivity index (χ0v) is 11.9. The molecule has 0 spiro atoms. The molecule has 1 aromatic carbocycles. The normalized spacial score (nSPS) is 17.8. The summed E-state index contributed by atoms with van der Waals surface area (Å²) in [5.74, 6) is 0.0305. The maximum absolute atomic E-state index is 12.9. The Morgan fingerprint density at radius 1 is 1.45 bits per heavy atom. The highest BCUT2D eigenvalue weighted by Gasteiger charge is 2.50. The maximum atomic E-state index is 12.9. The number of nitrogens with two attached hydrogens (primary N) is 1. The van der Waals surface area contributed by atoms with E-state index < -0.39 is 11.4 Å². The number of halogens is 1. The first-order chi connectivity index (χ1) is 9.44. The molecule has 3 N–H and O–H groups in total. The topological polar surface area (TPSA) is 64.3 Å². The van der Waals surface area contributed by atoms with E-state index in [-0.39, 0.29) is 24.4 Å². The third-order valence-corrected chi connectivity index (χ3v) is 3.54. The SMILES string of the molecule is CC(C)NC(COc1ccc(F)cc1)(C(N)=O)C1CC1. The average Bonchev–Trinajstić information content (AvgIpc) is 3.20. The van der Waals surface area contributed by atoms with Crippen LogP contribution in [0.5, 0.6) is 5.75 Å². The molecule has 1 aliphatic rings. The van der Waals surface area contributed by atoms with Gasteiger partial charge in [0.2, 0.25) is 5.91 Å². The smallest absolute Gasteiger partial charge is 0.241 e. The number of benzene rings is 1. The van der Waals surface area contributed by atoms with E-state index in [1.165, 1.54) is 12.1 Å². The summed E-state index contributed by atoms with van der Waals surface area (Å²) in [4.78, 5) is 11.9. The van der Waals surface area contributed by atoms with Crippen LogP contribution in [0.3, 0.4) is 0 Å². The summed E-state index contributed by atoms with van der Waals surface area (Å²) >= 11 is 0.